The molecule has 0 aliphatic rings. The molecule has 4 nitrogen and oxygen atoms in total. The third-order valence-electron chi connectivity index (χ3n) is 5.24. The lowest BCUT2D eigenvalue weighted by Crippen LogP contribution is -2.12. The van der Waals surface area contributed by atoms with Gasteiger partial charge in [-0.3, -0.25) is 4.98 Å². The molecule has 142 valence electrons. The molecule has 0 fully saturated rings. The van der Waals surface area contributed by atoms with Crippen molar-refractivity contribution in [3.05, 3.63) is 78.9 Å². The molecule has 0 saturated heterocycles. The lowest BCUT2D eigenvalue weighted by atomic mass is 9.82. The van der Waals surface area contributed by atoms with Gasteiger partial charge >= 0.3 is 0 Å². The van der Waals surface area contributed by atoms with Crippen LogP contribution in [0.2, 0.25) is 0 Å². The van der Waals surface area contributed by atoms with Gasteiger partial charge in [0.15, 0.2) is 5.58 Å². The third-order valence-corrected chi connectivity index (χ3v) is 5.24. The number of hydrogen-bond donors (Lipinski definition) is 0. The highest BCUT2D eigenvalue weighted by molar-refractivity contribution is 5.91. The summed E-state index contributed by atoms with van der Waals surface area (Å²) in [5, 5.41) is 3.51. The fourth-order valence-corrected chi connectivity index (χ4v) is 3.74. The predicted molar refractivity (Wildman–Crippen MR) is 117 cm³/mol. The monoisotopic (exact) mass is 379 g/mol. The normalized spacial score (nSPS) is 12.0. The van der Waals surface area contributed by atoms with E-state index in [2.05, 4.69) is 72.1 Å². The summed E-state index contributed by atoms with van der Waals surface area (Å²) in [6.45, 7) is 6.73. The molecule has 2 aromatic carbocycles. The molecule has 0 spiro atoms. The van der Waals surface area contributed by atoms with Gasteiger partial charge in [0.2, 0.25) is 0 Å². The Bertz CT molecular complexity index is 1350. The summed E-state index contributed by atoms with van der Waals surface area (Å²) in [5.41, 5.74) is 5.68. The highest BCUT2D eigenvalue weighted by atomic mass is 16.3. The van der Waals surface area contributed by atoms with Crippen LogP contribution in [0.25, 0.3) is 44.4 Å². The highest BCUT2D eigenvalue weighted by Gasteiger charge is 2.19. The molecule has 0 saturated carbocycles. The molecular weight excluding hydrogens is 358 g/mol. The summed E-state index contributed by atoms with van der Waals surface area (Å²) >= 11 is 0. The van der Waals surface area contributed by atoms with Crippen LogP contribution in [-0.2, 0) is 5.41 Å². The molecule has 5 rings (SSSR count). The number of furan rings is 1. The smallest absolute Gasteiger partial charge is 0.152 e. The Hall–Kier alpha value is -3.53. The molecule has 0 atom stereocenters. The average Bonchev–Trinajstić information content (AvgIpc) is 3.20. The zero-order chi connectivity index (χ0) is 20.0. The number of pyridine rings is 1. The maximum Gasteiger partial charge on any atom is 0.152 e. The molecule has 0 N–H and O–H groups in total. The van der Waals surface area contributed by atoms with Gasteiger partial charge in [-0.25, -0.2) is 9.97 Å². The third kappa shape index (κ3) is 3.17. The number of hydrogen-bond acceptors (Lipinski definition) is 4. The first kappa shape index (κ1) is 17.6. The van der Waals surface area contributed by atoms with Crippen molar-refractivity contribution >= 4 is 21.7 Å². The van der Waals surface area contributed by atoms with Gasteiger partial charge in [-0.15, -0.1) is 0 Å². The van der Waals surface area contributed by atoms with Crippen molar-refractivity contribution in [2.45, 2.75) is 26.2 Å². The Kier molecular flexibility index (Phi) is 3.95. The lowest BCUT2D eigenvalue weighted by molar-refractivity contribution is 0.596. The number of nitrogens with zero attached hydrogens (tertiary/aromatic N) is 3. The molecule has 3 heterocycles. The van der Waals surface area contributed by atoms with E-state index in [9.17, 15) is 0 Å². The van der Waals surface area contributed by atoms with Gasteiger partial charge in [-0.2, -0.15) is 0 Å². The molecule has 0 bridgehead atoms. The van der Waals surface area contributed by atoms with E-state index < -0.39 is 0 Å². The SMILES string of the molecule is CC(C)(C)c1cc(-c2cc(-c3cc4ccoc4cn3)ncn2)cc2ccccc12. The van der Waals surface area contributed by atoms with Crippen LogP contribution < -0.4 is 0 Å². The van der Waals surface area contributed by atoms with Gasteiger partial charge in [0.05, 0.1) is 29.5 Å². The van der Waals surface area contributed by atoms with Crippen LogP contribution in [0.4, 0.5) is 0 Å². The largest absolute Gasteiger partial charge is 0.463 e. The van der Waals surface area contributed by atoms with E-state index in [-0.39, 0.29) is 5.41 Å². The Balaban J connectivity index is 1.66. The number of benzene rings is 2. The fraction of sp³-hybridized carbons (Fsp3) is 0.160. The summed E-state index contributed by atoms with van der Waals surface area (Å²) in [7, 11) is 0. The summed E-state index contributed by atoms with van der Waals surface area (Å²) in [5.74, 6) is 0. The first-order valence-electron chi connectivity index (χ1n) is 9.68. The van der Waals surface area contributed by atoms with Crippen molar-refractivity contribution in [2.24, 2.45) is 0 Å². The second kappa shape index (κ2) is 6.52. The zero-order valence-corrected chi connectivity index (χ0v) is 16.7. The quantitative estimate of drug-likeness (QED) is 0.356. The van der Waals surface area contributed by atoms with E-state index in [1.807, 2.05) is 18.2 Å². The van der Waals surface area contributed by atoms with Gasteiger partial charge in [0.25, 0.3) is 0 Å². The first-order valence-corrected chi connectivity index (χ1v) is 9.68. The van der Waals surface area contributed by atoms with Crippen LogP contribution in [0.3, 0.4) is 0 Å². The van der Waals surface area contributed by atoms with Gasteiger partial charge < -0.3 is 4.42 Å². The van der Waals surface area contributed by atoms with E-state index in [0.29, 0.717) is 0 Å². The van der Waals surface area contributed by atoms with Crippen molar-refractivity contribution in [1.82, 2.24) is 15.0 Å². The van der Waals surface area contributed by atoms with Gasteiger partial charge in [0, 0.05) is 10.9 Å². The van der Waals surface area contributed by atoms with E-state index in [1.165, 1.54) is 16.3 Å². The summed E-state index contributed by atoms with van der Waals surface area (Å²) in [6.07, 6.45) is 5.02. The van der Waals surface area contributed by atoms with Crippen LogP contribution in [-0.4, -0.2) is 15.0 Å². The number of aromatic nitrogens is 3. The van der Waals surface area contributed by atoms with Gasteiger partial charge in [-0.1, -0.05) is 45.0 Å². The van der Waals surface area contributed by atoms with Gasteiger partial charge in [0.1, 0.15) is 6.33 Å². The van der Waals surface area contributed by atoms with Crippen molar-refractivity contribution in [2.75, 3.05) is 0 Å². The Morgan fingerprint density at radius 3 is 2.41 bits per heavy atom. The minimum atomic E-state index is 0.0271. The van der Waals surface area contributed by atoms with Crippen molar-refractivity contribution in [1.29, 1.82) is 0 Å². The second-order valence-electron chi connectivity index (χ2n) is 8.31. The average molecular weight is 379 g/mol. The molecule has 4 heteroatoms. The van der Waals surface area contributed by atoms with E-state index in [4.69, 9.17) is 4.42 Å². The molecule has 0 radical (unpaired) electrons. The fourth-order valence-electron chi connectivity index (χ4n) is 3.74. The maximum absolute atomic E-state index is 5.39. The topological polar surface area (TPSA) is 51.8 Å². The first-order chi connectivity index (χ1) is 14.0. The van der Waals surface area contributed by atoms with Crippen LogP contribution in [0, 0.1) is 0 Å². The summed E-state index contributed by atoms with van der Waals surface area (Å²) in [6, 6.07) is 18.9. The molecule has 0 amide bonds. The molecule has 0 unspecified atom stereocenters. The second-order valence-corrected chi connectivity index (χ2v) is 8.31. The van der Waals surface area contributed by atoms with Crippen LogP contribution in [0.15, 0.2) is 77.8 Å². The lowest BCUT2D eigenvalue weighted by Gasteiger charge is -2.22. The van der Waals surface area contributed by atoms with E-state index in [0.717, 1.165) is 33.6 Å². The Labute approximate surface area is 169 Å². The van der Waals surface area contributed by atoms with Gasteiger partial charge in [-0.05, 0) is 52.1 Å². The predicted octanol–water partition coefficient (Wildman–Crippen LogP) is 6.40. The summed E-state index contributed by atoms with van der Waals surface area (Å²) < 4.78 is 5.39. The van der Waals surface area contributed by atoms with Crippen molar-refractivity contribution in [3.8, 4) is 22.6 Å². The van der Waals surface area contributed by atoms with Crippen molar-refractivity contribution < 1.29 is 4.42 Å². The molecule has 29 heavy (non-hydrogen) atoms. The Morgan fingerprint density at radius 2 is 1.55 bits per heavy atom. The van der Waals surface area contributed by atoms with Crippen LogP contribution in [0.1, 0.15) is 26.3 Å². The molecular formula is C25H21N3O. The van der Waals surface area contributed by atoms with Crippen LogP contribution >= 0.6 is 0 Å². The highest BCUT2D eigenvalue weighted by Crippen LogP contribution is 2.34. The number of fused-ring (bicyclic) bond motifs is 2. The van der Waals surface area contributed by atoms with E-state index >= 15 is 0 Å². The maximum atomic E-state index is 5.39. The summed E-state index contributed by atoms with van der Waals surface area (Å²) in [4.78, 5) is 13.5. The number of rotatable bonds is 2. The van der Waals surface area contributed by atoms with Crippen molar-refractivity contribution in [3.63, 3.8) is 0 Å². The zero-order valence-electron chi connectivity index (χ0n) is 16.7. The minimum absolute atomic E-state index is 0.0271. The molecule has 0 aliphatic heterocycles. The Morgan fingerprint density at radius 1 is 0.759 bits per heavy atom. The molecule has 5 aromatic rings. The molecule has 3 aromatic heterocycles. The van der Waals surface area contributed by atoms with E-state index in [1.54, 1.807) is 18.8 Å². The minimum Gasteiger partial charge on any atom is -0.463 e. The standard InChI is InChI=1S/C25H21N3O/c1-25(2,3)20-11-18(10-16-6-4-5-7-19(16)20)21-13-23(28-15-27-21)22-12-17-8-9-29-24(17)14-26-22/h4-15H,1-3H3. The van der Waals surface area contributed by atoms with Crippen LogP contribution in [0.5, 0.6) is 0 Å². The molecule has 0 aliphatic carbocycles.